The van der Waals surface area contributed by atoms with Gasteiger partial charge in [-0.15, -0.1) is 13.2 Å². The lowest BCUT2D eigenvalue weighted by Crippen LogP contribution is -2.25. The molecule has 5 nitrogen and oxygen atoms in total. The van der Waals surface area contributed by atoms with E-state index in [0.717, 1.165) is 12.1 Å². The first-order chi connectivity index (χ1) is 9.83. The van der Waals surface area contributed by atoms with Crippen LogP contribution in [0.5, 0.6) is 5.75 Å². The van der Waals surface area contributed by atoms with Gasteiger partial charge in [0.15, 0.2) is 5.75 Å². The van der Waals surface area contributed by atoms with Gasteiger partial charge in [-0.2, -0.15) is 0 Å². The molecule has 3 N–H and O–H groups in total. The Kier molecular flexibility index (Phi) is 6.29. The second kappa shape index (κ2) is 7.72. The number of hydrogen-bond donors (Lipinski definition) is 2. The smallest absolute Gasteiger partial charge is 0.404 e. The molecule has 0 aliphatic carbocycles. The Hall–Kier alpha value is -1.96. The SMILES string of the molecule is CCOCCCNC(=O)c1ccc(OC(F)(F)F)c(N)c1. The molecule has 0 aliphatic rings. The number of benzene rings is 1. The highest BCUT2D eigenvalue weighted by molar-refractivity contribution is 5.95. The standard InChI is InChI=1S/C13H17F3N2O3/c1-2-20-7-3-6-18-12(19)9-4-5-11(10(17)8-9)21-13(14,15)16/h4-5,8H,2-3,6-7,17H2,1H3,(H,18,19). The quantitative estimate of drug-likeness (QED) is 0.599. The Balaban J connectivity index is 2.56. The predicted molar refractivity (Wildman–Crippen MR) is 71.0 cm³/mol. The molecule has 1 aromatic rings. The average molecular weight is 306 g/mol. The summed E-state index contributed by atoms with van der Waals surface area (Å²) in [6.45, 7) is 3.40. The number of hydrogen-bond acceptors (Lipinski definition) is 4. The van der Waals surface area contributed by atoms with E-state index in [9.17, 15) is 18.0 Å². The minimum Gasteiger partial charge on any atom is -0.404 e. The number of halogens is 3. The van der Waals surface area contributed by atoms with Crippen molar-refractivity contribution in [2.75, 3.05) is 25.5 Å². The fourth-order valence-corrected chi connectivity index (χ4v) is 1.53. The van der Waals surface area contributed by atoms with E-state index >= 15 is 0 Å². The molecule has 0 unspecified atom stereocenters. The Bertz CT molecular complexity index is 478. The summed E-state index contributed by atoms with van der Waals surface area (Å²) in [6, 6.07) is 3.37. The molecule has 0 aliphatic heterocycles. The van der Waals surface area contributed by atoms with Crippen molar-refractivity contribution >= 4 is 11.6 Å². The van der Waals surface area contributed by atoms with E-state index in [0.29, 0.717) is 26.2 Å². The summed E-state index contributed by atoms with van der Waals surface area (Å²) in [5.74, 6) is -0.952. The summed E-state index contributed by atoms with van der Waals surface area (Å²) in [7, 11) is 0. The fraction of sp³-hybridized carbons (Fsp3) is 0.462. The van der Waals surface area contributed by atoms with Crippen LogP contribution in [0.25, 0.3) is 0 Å². The van der Waals surface area contributed by atoms with E-state index in [2.05, 4.69) is 10.1 Å². The molecule has 1 amide bonds. The summed E-state index contributed by atoms with van der Waals surface area (Å²) in [5, 5.41) is 2.62. The van der Waals surface area contributed by atoms with E-state index in [1.165, 1.54) is 6.07 Å². The number of nitrogen functional groups attached to an aromatic ring is 1. The maximum atomic E-state index is 12.1. The van der Waals surface area contributed by atoms with Crippen LogP contribution in [-0.4, -0.2) is 32.0 Å². The summed E-state index contributed by atoms with van der Waals surface area (Å²) >= 11 is 0. The molecule has 0 radical (unpaired) electrons. The number of ether oxygens (including phenoxy) is 2. The van der Waals surface area contributed by atoms with E-state index in [4.69, 9.17) is 10.5 Å². The van der Waals surface area contributed by atoms with Crippen molar-refractivity contribution in [2.45, 2.75) is 19.7 Å². The topological polar surface area (TPSA) is 73.6 Å². The number of nitrogens with one attached hydrogen (secondary N) is 1. The molecule has 0 saturated carbocycles. The fourth-order valence-electron chi connectivity index (χ4n) is 1.53. The van der Waals surface area contributed by atoms with Crippen molar-refractivity contribution in [1.82, 2.24) is 5.32 Å². The van der Waals surface area contributed by atoms with Gasteiger partial charge in [-0.1, -0.05) is 0 Å². The summed E-state index contributed by atoms with van der Waals surface area (Å²) in [6.07, 6.45) is -4.18. The van der Waals surface area contributed by atoms with Crippen LogP contribution in [0.4, 0.5) is 18.9 Å². The van der Waals surface area contributed by atoms with Crippen molar-refractivity contribution in [1.29, 1.82) is 0 Å². The van der Waals surface area contributed by atoms with Crippen molar-refractivity contribution < 1.29 is 27.4 Å². The zero-order valence-electron chi connectivity index (χ0n) is 11.5. The van der Waals surface area contributed by atoms with E-state index in [1.807, 2.05) is 6.92 Å². The molecular weight excluding hydrogens is 289 g/mol. The van der Waals surface area contributed by atoms with E-state index in [1.54, 1.807) is 0 Å². The van der Waals surface area contributed by atoms with Gasteiger partial charge < -0.3 is 20.5 Å². The molecule has 0 atom stereocenters. The van der Waals surface area contributed by atoms with Gasteiger partial charge in [0.05, 0.1) is 5.69 Å². The molecule has 1 aromatic carbocycles. The zero-order chi connectivity index (χ0) is 15.9. The monoisotopic (exact) mass is 306 g/mol. The lowest BCUT2D eigenvalue weighted by atomic mass is 10.1. The molecule has 1 rings (SSSR count). The number of amides is 1. The van der Waals surface area contributed by atoms with Crippen molar-refractivity contribution in [3.8, 4) is 5.75 Å². The highest BCUT2D eigenvalue weighted by atomic mass is 19.4. The van der Waals surface area contributed by atoms with Gasteiger partial charge in [-0.25, -0.2) is 0 Å². The Labute approximate surface area is 120 Å². The molecule has 0 heterocycles. The predicted octanol–water partition coefficient (Wildman–Crippen LogP) is 2.32. The van der Waals surface area contributed by atoms with Crippen LogP contribution in [0.3, 0.4) is 0 Å². The third kappa shape index (κ3) is 6.35. The molecule has 0 fully saturated rings. The van der Waals surface area contributed by atoms with Gasteiger partial charge in [-0.3, -0.25) is 4.79 Å². The molecule has 8 heteroatoms. The van der Waals surface area contributed by atoms with E-state index < -0.39 is 18.0 Å². The van der Waals surface area contributed by atoms with Gasteiger partial charge in [0.25, 0.3) is 5.91 Å². The highest BCUT2D eigenvalue weighted by Crippen LogP contribution is 2.28. The van der Waals surface area contributed by atoms with Gasteiger partial charge in [0.2, 0.25) is 0 Å². The second-order valence-electron chi connectivity index (χ2n) is 4.11. The molecule has 0 spiro atoms. The second-order valence-corrected chi connectivity index (χ2v) is 4.11. The van der Waals surface area contributed by atoms with Gasteiger partial charge in [0, 0.05) is 25.3 Å². The maximum absolute atomic E-state index is 12.1. The lowest BCUT2D eigenvalue weighted by molar-refractivity contribution is -0.274. The van der Waals surface area contributed by atoms with E-state index in [-0.39, 0.29) is 11.3 Å². The molecule has 0 saturated heterocycles. The van der Waals surface area contributed by atoms with Crippen LogP contribution in [0.1, 0.15) is 23.7 Å². The van der Waals surface area contributed by atoms with Crippen LogP contribution in [0, 0.1) is 0 Å². The number of carbonyl (C=O) groups is 1. The number of anilines is 1. The molecule has 21 heavy (non-hydrogen) atoms. The molecule has 0 bridgehead atoms. The van der Waals surface area contributed by atoms with Crippen LogP contribution in [0.2, 0.25) is 0 Å². The first-order valence-corrected chi connectivity index (χ1v) is 6.34. The van der Waals surface area contributed by atoms with Crippen molar-refractivity contribution in [2.24, 2.45) is 0 Å². The number of nitrogens with two attached hydrogens (primary N) is 1. The van der Waals surface area contributed by atoms with Crippen LogP contribution in [-0.2, 0) is 4.74 Å². The van der Waals surface area contributed by atoms with Crippen LogP contribution >= 0.6 is 0 Å². The highest BCUT2D eigenvalue weighted by Gasteiger charge is 2.32. The minimum absolute atomic E-state index is 0.165. The van der Waals surface area contributed by atoms with Crippen molar-refractivity contribution in [3.05, 3.63) is 23.8 Å². The number of rotatable bonds is 7. The first-order valence-electron chi connectivity index (χ1n) is 6.34. The molecule has 0 aromatic heterocycles. The van der Waals surface area contributed by atoms with Crippen LogP contribution < -0.4 is 15.8 Å². The normalized spacial score (nSPS) is 11.2. The Morgan fingerprint density at radius 3 is 2.67 bits per heavy atom. The van der Waals surface area contributed by atoms with Gasteiger partial charge in [-0.05, 0) is 31.5 Å². The molecule has 118 valence electrons. The first kappa shape index (κ1) is 17.1. The Morgan fingerprint density at radius 2 is 2.10 bits per heavy atom. The number of alkyl halides is 3. The van der Waals surface area contributed by atoms with Crippen LogP contribution in [0.15, 0.2) is 18.2 Å². The third-order valence-electron chi connectivity index (χ3n) is 2.45. The zero-order valence-corrected chi connectivity index (χ0v) is 11.5. The number of carbonyl (C=O) groups excluding carboxylic acids is 1. The third-order valence-corrected chi connectivity index (χ3v) is 2.45. The van der Waals surface area contributed by atoms with Gasteiger partial charge >= 0.3 is 6.36 Å². The largest absolute Gasteiger partial charge is 0.573 e. The summed E-state index contributed by atoms with van der Waals surface area (Å²) in [5.41, 5.74) is 5.35. The average Bonchev–Trinajstić information content (AvgIpc) is 2.39. The maximum Gasteiger partial charge on any atom is 0.573 e. The van der Waals surface area contributed by atoms with Gasteiger partial charge in [0.1, 0.15) is 0 Å². The summed E-state index contributed by atoms with van der Waals surface area (Å²) in [4.78, 5) is 11.8. The minimum atomic E-state index is -4.82. The van der Waals surface area contributed by atoms with Crippen molar-refractivity contribution in [3.63, 3.8) is 0 Å². The summed E-state index contributed by atoms with van der Waals surface area (Å²) < 4.78 is 45.1. The lowest BCUT2D eigenvalue weighted by Gasteiger charge is -2.12. The Morgan fingerprint density at radius 1 is 1.38 bits per heavy atom. The molecular formula is C13H17F3N2O3.